The van der Waals surface area contributed by atoms with E-state index in [4.69, 9.17) is 5.73 Å². The fraction of sp³-hybridized carbons (Fsp3) is 0.300. The molecule has 0 unspecified atom stereocenters. The maximum atomic E-state index is 13.3. The van der Waals surface area contributed by atoms with Crippen LogP contribution in [0.1, 0.15) is 12.8 Å². The maximum absolute atomic E-state index is 13.3. The summed E-state index contributed by atoms with van der Waals surface area (Å²) in [6, 6.07) is 12.7. The topological polar surface area (TPSA) is 144 Å². The van der Waals surface area contributed by atoms with Gasteiger partial charge < -0.3 is 10.6 Å². The van der Waals surface area contributed by atoms with Gasteiger partial charge in [-0.3, -0.25) is 24.0 Å². The largest absolute Gasteiger partial charge is 0.369 e. The fourth-order valence-corrected chi connectivity index (χ4v) is 4.86. The monoisotopic (exact) mass is 446 g/mol. The number of benzene rings is 2. The number of nitro groups is 1. The number of anilines is 1. The highest BCUT2D eigenvalue weighted by molar-refractivity contribution is 7.92. The minimum atomic E-state index is -4.17. The lowest BCUT2D eigenvalue weighted by molar-refractivity contribution is -0.384. The first-order valence-corrected chi connectivity index (χ1v) is 11.0. The second-order valence-corrected chi connectivity index (χ2v) is 9.02. The molecule has 2 aromatic carbocycles. The van der Waals surface area contributed by atoms with Crippen LogP contribution in [0.2, 0.25) is 0 Å². The summed E-state index contributed by atoms with van der Waals surface area (Å²) in [7, 11) is -4.17. The van der Waals surface area contributed by atoms with Gasteiger partial charge >= 0.3 is 0 Å². The summed E-state index contributed by atoms with van der Waals surface area (Å²) in [6.45, 7) is 0.0286. The summed E-state index contributed by atoms with van der Waals surface area (Å²) in [6.07, 6.45) is 0.812. The molecule has 10 nitrogen and oxygen atoms in total. The lowest BCUT2D eigenvalue weighted by Crippen LogP contribution is -2.47. The van der Waals surface area contributed by atoms with E-state index >= 15 is 0 Å². The van der Waals surface area contributed by atoms with E-state index in [0.717, 1.165) is 10.4 Å². The van der Waals surface area contributed by atoms with Crippen molar-refractivity contribution in [2.45, 2.75) is 17.7 Å². The van der Waals surface area contributed by atoms with Crippen LogP contribution in [0, 0.1) is 16.0 Å². The Morgan fingerprint density at radius 3 is 2.32 bits per heavy atom. The average Bonchev–Trinajstić information content (AvgIpc) is 2.77. The number of amides is 2. The molecule has 0 aromatic heterocycles. The first-order valence-electron chi connectivity index (χ1n) is 9.59. The third-order valence-electron chi connectivity index (χ3n) is 5.19. The van der Waals surface area contributed by atoms with Gasteiger partial charge in [0.2, 0.25) is 11.8 Å². The molecule has 11 heteroatoms. The second-order valence-electron chi connectivity index (χ2n) is 7.16. The van der Waals surface area contributed by atoms with Crippen molar-refractivity contribution in [2.75, 3.05) is 23.9 Å². The van der Waals surface area contributed by atoms with Gasteiger partial charge in [-0.05, 0) is 31.0 Å². The van der Waals surface area contributed by atoms with E-state index in [2.05, 4.69) is 0 Å². The number of carbonyl (C=O) groups excluding carboxylic acids is 2. The molecular formula is C20H22N4O6S. The van der Waals surface area contributed by atoms with E-state index in [1.165, 1.54) is 35.2 Å². The number of piperidine rings is 1. The van der Waals surface area contributed by atoms with Gasteiger partial charge in [-0.15, -0.1) is 0 Å². The molecule has 2 N–H and O–H groups in total. The number of rotatable bonds is 7. The molecule has 0 atom stereocenters. The molecular weight excluding hydrogens is 424 g/mol. The zero-order chi connectivity index (χ0) is 22.6. The molecule has 0 saturated carbocycles. The minimum absolute atomic E-state index is 0.0124. The van der Waals surface area contributed by atoms with Crippen LogP contribution in [0.5, 0.6) is 0 Å². The molecule has 0 radical (unpaired) electrons. The van der Waals surface area contributed by atoms with Crippen LogP contribution in [0.25, 0.3) is 0 Å². The molecule has 2 aromatic rings. The number of hydrogen-bond donors (Lipinski definition) is 1. The Balaban J connectivity index is 1.92. The molecule has 1 fully saturated rings. The molecule has 1 aliphatic heterocycles. The standard InChI is InChI=1S/C20H22N4O6S/c21-20(26)15-9-11-22(12-10-15)19(25)14-23(16-5-4-6-17(13-16)24(27)28)31(29,30)18-7-2-1-3-8-18/h1-8,13,15H,9-12,14H2,(H2,21,26). The summed E-state index contributed by atoms with van der Waals surface area (Å²) in [5.74, 6) is -1.20. The van der Waals surface area contributed by atoms with Gasteiger partial charge in [-0.2, -0.15) is 0 Å². The zero-order valence-electron chi connectivity index (χ0n) is 16.6. The predicted octanol–water partition coefficient (Wildman–Crippen LogP) is 1.51. The third-order valence-corrected chi connectivity index (χ3v) is 6.98. The number of primary amides is 1. The van der Waals surface area contributed by atoms with Crippen LogP contribution >= 0.6 is 0 Å². The Labute approximate surface area is 179 Å². The quantitative estimate of drug-likeness (QED) is 0.504. The van der Waals surface area contributed by atoms with Crippen molar-refractivity contribution in [3.63, 3.8) is 0 Å². The second kappa shape index (κ2) is 9.13. The summed E-state index contributed by atoms with van der Waals surface area (Å²) in [4.78, 5) is 36.3. The molecule has 164 valence electrons. The predicted molar refractivity (Wildman–Crippen MR) is 113 cm³/mol. The Hall–Kier alpha value is -3.47. The highest BCUT2D eigenvalue weighted by Gasteiger charge is 2.32. The lowest BCUT2D eigenvalue weighted by Gasteiger charge is -2.32. The summed E-state index contributed by atoms with van der Waals surface area (Å²) in [5, 5.41) is 11.2. The molecule has 3 rings (SSSR count). The lowest BCUT2D eigenvalue weighted by atomic mass is 9.96. The van der Waals surface area contributed by atoms with Gasteiger partial charge in [-0.25, -0.2) is 8.42 Å². The summed E-state index contributed by atoms with van der Waals surface area (Å²) < 4.78 is 27.5. The van der Waals surface area contributed by atoms with Crippen molar-refractivity contribution in [3.8, 4) is 0 Å². The van der Waals surface area contributed by atoms with Crippen molar-refractivity contribution >= 4 is 33.2 Å². The Kier molecular flexibility index (Phi) is 6.54. The van der Waals surface area contributed by atoms with Crippen LogP contribution in [-0.4, -0.2) is 49.7 Å². The summed E-state index contributed by atoms with van der Waals surface area (Å²) >= 11 is 0. The van der Waals surface area contributed by atoms with Crippen molar-refractivity contribution in [3.05, 3.63) is 64.7 Å². The highest BCUT2D eigenvalue weighted by atomic mass is 32.2. The van der Waals surface area contributed by atoms with Crippen LogP contribution in [0.3, 0.4) is 0 Å². The average molecular weight is 446 g/mol. The molecule has 0 aliphatic carbocycles. The van der Waals surface area contributed by atoms with Crippen LogP contribution < -0.4 is 10.0 Å². The molecule has 0 spiro atoms. The number of nitro benzene ring substituents is 1. The first kappa shape index (κ1) is 22.2. The van der Waals surface area contributed by atoms with E-state index < -0.39 is 33.3 Å². The fourth-order valence-electron chi connectivity index (χ4n) is 3.43. The normalized spacial score (nSPS) is 14.8. The van der Waals surface area contributed by atoms with E-state index in [1.807, 2.05) is 0 Å². The molecule has 0 bridgehead atoms. The van der Waals surface area contributed by atoms with E-state index in [9.17, 15) is 28.1 Å². The number of nitrogens with zero attached hydrogens (tertiary/aromatic N) is 3. The Morgan fingerprint density at radius 1 is 1.10 bits per heavy atom. The smallest absolute Gasteiger partial charge is 0.271 e. The van der Waals surface area contributed by atoms with Crippen LogP contribution in [-0.2, 0) is 19.6 Å². The van der Waals surface area contributed by atoms with Crippen LogP contribution in [0.15, 0.2) is 59.5 Å². The SMILES string of the molecule is NC(=O)C1CCN(C(=O)CN(c2cccc([N+](=O)[O-])c2)S(=O)(=O)c2ccccc2)CC1. The maximum Gasteiger partial charge on any atom is 0.271 e. The molecule has 1 aliphatic rings. The number of nitrogens with two attached hydrogens (primary N) is 1. The Morgan fingerprint density at radius 2 is 1.74 bits per heavy atom. The molecule has 1 heterocycles. The third kappa shape index (κ3) is 5.00. The van der Waals surface area contributed by atoms with Crippen molar-refractivity contribution in [1.29, 1.82) is 0 Å². The minimum Gasteiger partial charge on any atom is -0.369 e. The number of sulfonamides is 1. The van der Waals surface area contributed by atoms with Gasteiger partial charge in [0.15, 0.2) is 0 Å². The summed E-state index contributed by atoms with van der Waals surface area (Å²) in [5.41, 5.74) is 5.04. The van der Waals surface area contributed by atoms with Gasteiger partial charge in [-0.1, -0.05) is 24.3 Å². The highest BCUT2D eigenvalue weighted by Crippen LogP contribution is 2.27. The van der Waals surface area contributed by atoms with Gasteiger partial charge in [0.1, 0.15) is 6.54 Å². The van der Waals surface area contributed by atoms with Crippen molar-refractivity contribution in [1.82, 2.24) is 4.90 Å². The van der Waals surface area contributed by atoms with E-state index in [-0.39, 0.29) is 35.3 Å². The number of hydrogen-bond acceptors (Lipinski definition) is 6. The molecule has 2 amide bonds. The Bertz CT molecular complexity index is 1080. The number of likely N-dealkylation sites (tertiary alicyclic amines) is 1. The molecule has 31 heavy (non-hydrogen) atoms. The number of carbonyl (C=O) groups is 2. The van der Waals surface area contributed by atoms with Gasteiger partial charge in [0.05, 0.1) is 15.5 Å². The molecule has 1 saturated heterocycles. The van der Waals surface area contributed by atoms with Gasteiger partial charge in [0, 0.05) is 31.1 Å². The number of non-ortho nitro benzene ring substituents is 1. The van der Waals surface area contributed by atoms with E-state index in [0.29, 0.717) is 12.8 Å². The van der Waals surface area contributed by atoms with Crippen LogP contribution in [0.4, 0.5) is 11.4 Å². The zero-order valence-corrected chi connectivity index (χ0v) is 17.4. The first-order chi connectivity index (χ1) is 14.7. The van der Waals surface area contributed by atoms with E-state index in [1.54, 1.807) is 18.2 Å². The van der Waals surface area contributed by atoms with Crippen molar-refractivity contribution < 1.29 is 22.9 Å². The van der Waals surface area contributed by atoms with Crippen molar-refractivity contribution in [2.24, 2.45) is 11.7 Å². The van der Waals surface area contributed by atoms with Gasteiger partial charge in [0.25, 0.3) is 15.7 Å².